The Kier molecular flexibility index (Phi) is 3.05. The molecule has 1 atom stereocenters. The summed E-state index contributed by atoms with van der Waals surface area (Å²) in [5.74, 6) is 0.306. The Labute approximate surface area is 126 Å². The van der Waals surface area contributed by atoms with E-state index >= 15 is 0 Å². The summed E-state index contributed by atoms with van der Waals surface area (Å²) in [4.78, 5) is 17.2. The van der Waals surface area contributed by atoms with Gasteiger partial charge in [-0.05, 0) is 38.3 Å². The van der Waals surface area contributed by atoms with Crippen molar-refractivity contribution in [2.24, 2.45) is 0 Å². The average molecular weight is 285 g/mol. The summed E-state index contributed by atoms with van der Waals surface area (Å²) in [6.07, 6.45) is 4.66. The Morgan fingerprint density at radius 3 is 2.62 bits per heavy atom. The fraction of sp³-hybridized carbons (Fsp3) is 0.588. The molecule has 1 heterocycles. The van der Waals surface area contributed by atoms with E-state index in [1.54, 1.807) is 0 Å². The molecule has 4 nitrogen and oxygen atoms in total. The smallest absolute Gasteiger partial charge is 0.244 e. The van der Waals surface area contributed by atoms with Crippen LogP contribution < -0.4 is 5.32 Å². The van der Waals surface area contributed by atoms with Crippen LogP contribution in [0.5, 0.6) is 0 Å². The zero-order valence-corrected chi connectivity index (χ0v) is 12.6. The summed E-state index contributed by atoms with van der Waals surface area (Å²) >= 11 is 0. The SMILES string of the molecule is CN(CCN1C(=O)C2(CC2)NC1c1ccccc1)C1CC1. The highest BCUT2D eigenvalue weighted by Gasteiger charge is 2.59. The molecule has 0 aromatic heterocycles. The van der Waals surface area contributed by atoms with Crippen LogP contribution in [0.2, 0.25) is 0 Å². The first-order valence-electron chi connectivity index (χ1n) is 8.04. The summed E-state index contributed by atoms with van der Waals surface area (Å²) in [5.41, 5.74) is 0.960. The van der Waals surface area contributed by atoms with E-state index in [9.17, 15) is 4.79 Å². The number of benzene rings is 1. The summed E-state index contributed by atoms with van der Waals surface area (Å²) in [6, 6.07) is 11.1. The molecule has 0 bridgehead atoms. The third-order valence-electron chi connectivity index (χ3n) is 5.12. The summed E-state index contributed by atoms with van der Waals surface area (Å²) in [6.45, 7) is 1.79. The maximum Gasteiger partial charge on any atom is 0.244 e. The molecule has 21 heavy (non-hydrogen) atoms. The Hall–Kier alpha value is -1.39. The average Bonchev–Trinajstić information content (AvgIpc) is 3.39. The summed E-state index contributed by atoms with van der Waals surface area (Å²) in [7, 11) is 2.18. The number of hydrogen-bond acceptors (Lipinski definition) is 3. The molecule has 1 amide bonds. The first kappa shape index (κ1) is 13.3. The van der Waals surface area contributed by atoms with Gasteiger partial charge in [-0.2, -0.15) is 0 Å². The number of amides is 1. The zero-order chi connectivity index (χ0) is 14.4. The van der Waals surface area contributed by atoms with Crippen LogP contribution in [0.25, 0.3) is 0 Å². The van der Waals surface area contributed by atoms with Gasteiger partial charge in [0.15, 0.2) is 0 Å². The molecule has 1 aromatic carbocycles. The van der Waals surface area contributed by atoms with Crippen LogP contribution >= 0.6 is 0 Å². The van der Waals surface area contributed by atoms with Crippen LogP contribution in [0.3, 0.4) is 0 Å². The van der Waals surface area contributed by atoms with Crippen molar-refractivity contribution in [1.29, 1.82) is 0 Å². The molecule has 1 aliphatic heterocycles. The van der Waals surface area contributed by atoms with Gasteiger partial charge in [0.05, 0.1) is 0 Å². The number of carbonyl (C=O) groups excluding carboxylic acids is 1. The summed E-state index contributed by atoms with van der Waals surface area (Å²) < 4.78 is 0. The van der Waals surface area contributed by atoms with Crippen molar-refractivity contribution < 1.29 is 4.79 Å². The monoisotopic (exact) mass is 285 g/mol. The lowest BCUT2D eigenvalue weighted by Gasteiger charge is -2.27. The number of likely N-dealkylation sites (N-methyl/N-ethyl adjacent to an activating group) is 1. The lowest BCUT2D eigenvalue weighted by molar-refractivity contribution is -0.131. The largest absolute Gasteiger partial charge is 0.320 e. The Balaban J connectivity index is 1.51. The van der Waals surface area contributed by atoms with Crippen LogP contribution in [0.4, 0.5) is 0 Å². The predicted octanol–water partition coefficient (Wildman–Crippen LogP) is 1.74. The second kappa shape index (κ2) is 4.82. The van der Waals surface area contributed by atoms with Gasteiger partial charge in [-0.15, -0.1) is 0 Å². The first-order chi connectivity index (χ1) is 10.2. The van der Waals surface area contributed by atoms with Gasteiger partial charge in [0.2, 0.25) is 5.91 Å². The van der Waals surface area contributed by atoms with Crippen molar-refractivity contribution in [3.63, 3.8) is 0 Å². The minimum atomic E-state index is -0.237. The highest BCUT2D eigenvalue weighted by atomic mass is 16.2. The van der Waals surface area contributed by atoms with Gasteiger partial charge in [0, 0.05) is 19.1 Å². The molecule has 2 saturated carbocycles. The van der Waals surface area contributed by atoms with Crippen LogP contribution in [0.1, 0.15) is 37.4 Å². The third-order valence-corrected chi connectivity index (χ3v) is 5.12. The quantitative estimate of drug-likeness (QED) is 0.895. The molecule has 0 radical (unpaired) electrons. The van der Waals surface area contributed by atoms with E-state index in [0.29, 0.717) is 5.91 Å². The van der Waals surface area contributed by atoms with Gasteiger partial charge in [-0.25, -0.2) is 0 Å². The molecular formula is C17H23N3O. The molecule has 1 unspecified atom stereocenters. The van der Waals surface area contributed by atoms with Crippen molar-refractivity contribution >= 4 is 5.91 Å². The van der Waals surface area contributed by atoms with Crippen LogP contribution in [-0.4, -0.2) is 47.4 Å². The minimum absolute atomic E-state index is 0.0498. The van der Waals surface area contributed by atoms with Gasteiger partial charge in [0.25, 0.3) is 0 Å². The molecule has 1 N–H and O–H groups in total. The van der Waals surface area contributed by atoms with E-state index < -0.39 is 0 Å². The highest BCUT2D eigenvalue weighted by molar-refractivity contribution is 5.92. The second-order valence-corrected chi connectivity index (χ2v) is 6.75. The number of nitrogens with zero attached hydrogens (tertiary/aromatic N) is 2. The molecular weight excluding hydrogens is 262 g/mol. The maximum atomic E-state index is 12.7. The van der Waals surface area contributed by atoms with Crippen LogP contribution in [-0.2, 0) is 4.79 Å². The fourth-order valence-electron chi connectivity index (χ4n) is 3.37. The first-order valence-corrected chi connectivity index (χ1v) is 8.04. The van der Waals surface area contributed by atoms with E-state index in [-0.39, 0.29) is 11.7 Å². The maximum absolute atomic E-state index is 12.7. The van der Waals surface area contributed by atoms with E-state index in [1.165, 1.54) is 18.4 Å². The standard InChI is InChI=1S/C17H23N3O/c1-19(14-7-8-14)11-12-20-15(13-5-3-2-4-6-13)18-17(9-10-17)16(20)21/h2-6,14-15,18H,7-12H2,1H3. The lowest BCUT2D eigenvalue weighted by atomic mass is 10.1. The van der Waals surface area contributed by atoms with Gasteiger partial charge in [0.1, 0.15) is 11.7 Å². The van der Waals surface area contributed by atoms with Gasteiger partial charge in [-0.1, -0.05) is 30.3 Å². The van der Waals surface area contributed by atoms with Crippen molar-refractivity contribution in [1.82, 2.24) is 15.1 Å². The molecule has 1 spiro atoms. The van der Waals surface area contributed by atoms with E-state index in [2.05, 4.69) is 34.3 Å². The Morgan fingerprint density at radius 2 is 2.00 bits per heavy atom. The normalized spacial score (nSPS) is 26.9. The van der Waals surface area contributed by atoms with Crippen molar-refractivity contribution in [2.75, 3.05) is 20.1 Å². The molecule has 2 aliphatic carbocycles. The molecule has 4 heteroatoms. The van der Waals surface area contributed by atoms with Gasteiger partial charge >= 0.3 is 0 Å². The fourth-order valence-corrected chi connectivity index (χ4v) is 3.37. The van der Waals surface area contributed by atoms with Crippen molar-refractivity contribution in [2.45, 2.75) is 43.4 Å². The number of rotatable bonds is 5. The Morgan fingerprint density at radius 1 is 1.29 bits per heavy atom. The van der Waals surface area contributed by atoms with E-state index in [4.69, 9.17) is 0 Å². The highest BCUT2D eigenvalue weighted by Crippen LogP contribution is 2.45. The number of carbonyl (C=O) groups is 1. The van der Waals surface area contributed by atoms with Gasteiger partial charge < -0.3 is 9.80 Å². The molecule has 112 valence electrons. The number of nitrogens with one attached hydrogen (secondary N) is 1. The van der Waals surface area contributed by atoms with Crippen molar-refractivity contribution in [3.8, 4) is 0 Å². The predicted molar refractivity (Wildman–Crippen MR) is 81.6 cm³/mol. The molecule has 1 saturated heterocycles. The molecule has 3 fully saturated rings. The molecule has 4 rings (SSSR count). The minimum Gasteiger partial charge on any atom is -0.320 e. The number of hydrogen-bond donors (Lipinski definition) is 1. The van der Waals surface area contributed by atoms with Crippen LogP contribution in [0.15, 0.2) is 30.3 Å². The lowest BCUT2D eigenvalue weighted by Crippen LogP contribution is -2.38. The molecule has 3 aliphatic rings. The third kappa shape index (κ3) is 2.36. The van der Waals surface area contributed by atoms with E-state index in [0.717, 1.165) is 32.0 Å². The Bertz CT molecular complexity index is 536. The zero-order valence-electron chi connectivity index (χ0n) is 12.6. The van der Waals surface area contributed by atoms with E-state index in [1.807, 2.05) is 18.2 Å². The topological polar surface area (TPSA) is 35.6 Å². The van der Waals surface area contributed by atoms with Crippen LogP contribution in [0, 0.1) is 0 Å². The second-order valence-electron chi connectivity index (χ2n) is 6.75. The molecule has 1 aromatic rings. The van der Waals surface area contributed by atoms with Gasteiger partial charge in [-0.3, -0.25) is 10.1 Å². The van der Waals surface area contributed by atoms with Crippen molar-refractivity contribution in [3.05, 3.63) is 35.9 Å². The summed E-state index contributed by atoms with van der Waals surface area (Å²) in [5, 5.41) is 3.58.